The van der Waals surface area contributed by atoms with E-state index >= 15 is 0 Å². The highest BCUT2D eigenvalue weighted by Gasteiger charge is 2.09. The number of Topliss-reactive ketones (excluding diaryl/α,β-unsaturated/α-hetero) is 1. The number of benzene rings is 1. The quantitative estimate of drug-likeness (QED) is 0.802. The minimum atomic E-state index is -0.505. The van der Waals surface area contributed by atoms with E-state index < -0.39 is 5.69 Å². The van der Waals surface area contributed by atoms with Gasteiger partial charge in [0.2, 0.25) is 0 Å². The summed E-state index contributed by atoms with van der Waals surface area (Å²) in [5.41, 5.74) is 0.313. The van der Waals surface area contributed by atoms with Crippen molar-refractivity contribution >= 4 is 32.6 Å². The monoisotopic (exact) mass is 266 g/mol. The zero-order valence-electron chi connectivity index (χ0n) is 7.87. The van der Waals surface area contributed by atoms with E-state index in [1.165, 1.54) is 6.92 Å². The van der Waals surface area contributed by atoms with Gasteiger partial charge in [0.05, 0.1) is 5.52 Å². The number of hydrogen-bond donors (Lipinski definition) is 1. The topological polar surface area (TPSA) is 62.8 Å². The van der Waals surface area contributed by atoms with E-state index in [9.17, 15) is 9.59 Å². The Morgan fingerprint density at radius 3 is 2.87 bits per heavy atom. The fourth-order valence-electron chi connectivity index (χ4n) is 1.39. The van der Waals surface area contributed by atoms with Gasteiger partial charge in [-0.2, -0.15) is 4.98 Å². The molecule has 0 atom stereocenters. The Bertz CT molecular complexity index is 604. The lowest BCUT2D eigenvalue weighted by Crippen LogP contribution is -2.15. The van der Waals surface area contributed by atoms with Gasteiger partial charge < -0.3 is 4.98 Å². The van der Waals surface area contributed by atoms with E-state index in [0.717, 1.165) is 4.47 Å². The summed E-state index contributed by atoms with van der Waals surface area (Å²) in [4.78, 5) is 28.7. The number of carbonyl (C=O) groups excluding carboxylic acids is 1. The van der Waals surface area contributed by atoms with Crippen molar-refractivity contribution in [2.75, 3.05) is 0 Å². The first-order chi connectivity index (χ1) is 7.08. The van der Waals surface area contributed by atoms with Crippen molar-refractivity contribution in [3.05, 3.63) is 38.9 Å². The number of rotatable bonds is 1. The Balaban J connectivity index is 2.94. The van der Waals surface area contributed by atoms with Crippen molar-refractivity contribution in [1.82, 2.24) is 9.97 Å². The molecule has 0 saturated carbocycles. The van der Waals surface area contributed by atoms with Gasteiger partial charge >= 0.3 is 5.69 Å². The number of nitrogens with one attached hydrogen (secondary N) is 1. The van der Waals surface area contributed by atoms with Crippen LogP contribution in [0.1, 0.15) is 17.4 Å². The molecule has 0 fully saturated rings. The molecule has 0 radical (unpaired) electrons. The number of H-pyrrole nitrogens is 1. The first-order valence-corrected chi connectivity index (χ1v) is 5.08. The molecule has 0 saturated heterocycles. The van der Waals surface area contributed by atoms with Crippen LogP contribution in [0.5, 0.6) is 0 Å². The average Bonchev–Trinajstić information content (AvgIpc) is 2.17. The molecule has 0 aliphatic heterocycles. The molecule has 0 amide bonds. The standard InChI is InChI=1S/C10H7BrN2O2/c1-5(14)9-7-4-6(11)2-3-8(7)12-10(15)13-9/h2-4H,1H3,(H,12,13,15). The number of fused-ring (bicyclic) bond motifs is 1. The highest BCUT2D eigenvalue weighted by Crippen LogP contribution is 2.19. The van der Waals surface area contributed by atoms with Crippen LogP contribution in [0.15, 0.2) is 27.5 Å². The van der Waals surface area contributed by atoms with Gasteiger partial charge in [0.1, 0.15) is 5.69 Å². The number of carbonyl (C=O) groups is 1. The predicted molar refractivity (Wildman–Crippen MR) is 60.1 cm³/mol. The van der Waals surface area contributed by atoms with Crippen molar-refractivity contribution in [2.45, 2.75) is 6.92 Å². The Morgan fingerprint density at radius 1 is 1.47 bits per heavy atom. The van der Waals surface area contributed by atoms with Crippen LogP contribution in [0.25, 0.3) is 10.9 Å². The zero-order chi connectivity index (χ0) is 11.0. The molecule has 0 spiro atoms. The molecule has 2 aromatic rings. The highest BCUT2D eigenvalue weighted by atomic mass is 79.9. The van der Waals surface area contributed by atoms with Crippen LogP contribution in [0.3, 0.4) is 0 Å². The molecule has 4 nitrogen and oxygen atoms in total. The summed E-state index contributed by atoms with van der Waals surface area (Å²) in [6.07, 6.45) is 0. The third kappa shape index (κ3) is 1.83. The van der Waals surface area contributed by atoms with Gasteiger partial charge in [-0.15, -0.1) is 0 Å². The number of nitrogens with zero attached hydrogens (tertiary/aromatic N) is 1. The molecule has 1 aromatic carbocycles. The van der Waals surface area contributed by atoms with Crippen LogP contribution in [0.4, 0.5) is 0 Å². The molecule has 0 bridgehead atoms. The number of aromatic nitrogens is 2. The minimum Gasteiger partial charge on any atom is -0.305 e. The number of halogens is 1. The molecular weight excluding hydrogens is 260 g/mol. The van der Waals surface area contributed by atoms with Crippen molar-refractivity contribution < 1.29 is 4.79 Å². The second kappa shape index (κ2) is 3.58. The second-order valence-corrected chi connectivity index (χ2v) is 4.05. The fraction of sp³-hybridized carbons (Fsp3) is 0.100. The van der Waals surface area contributed by atoms with Crippen LogP contribution in [-0.2, 0) is 0 Å². The van der Waals surface area contributed by atoms with Crippen molar-refractivity contribution in [2.24, 2.45) is 0 Å². The van der Waals surface area contributed by atoms with Crippen LogP contribution in [-0.4, -0.2) is 15.8 Å². The smallest absolute Gasteiger partial charge is 0.305 e. The maximum atomic E-state index is 11.3. The largest absolute Gasteiger partial charge is 0.346 e. The van der Waals surface area contributed by atoms with Crippen molar-refractivity contribution in [3.8, 4) is 0 Å². The van der Waals surface area contributed by atoms with E-state index in [4.69, 9.17) is 0 Å². The van der Waals surface area contributed by atoms with Gasteiger partial charge in [0.15, 0.2) is 5.78 Å². The molecule has 1 heterocycles. The Morgan fingerprint density at radius 2 is 2.20 bits per heavy atom. The summed E-state index contributed by atoms with van der Waals surface area (Å²) in [6.45, 7) is 1.39. The van der Waals surface area contributed by atoms with Gasteiger partial charge in [-0.05, 0) is 18.2 Å². The highest BCUT2D eigenvalue weighted by molar-refractivity contribution is 9.10. The lowest BCUT2D eigenvalue weighted by molar-refractivity contribution is 0.101. The molecule has 0 unspecified atom stereocenters. The third-order valence-electron chi connectivity index (χ3n) is 2.03. The average molecular weight is 267 g/mol. The Labute approximate surface area is 93.5 Å². The summed E-state index contributed by atoms with van der Waals surface area (Å²) in [5, 5.41) is 0.650. The summed E-state index contributed by atoms with van der Waals surface area (Å²) in [5.74, 6) is -0.218. The fourth-order valence-corrected chi connectivity index (χ4v) is 1.76. The third-order valence-corrected chi connectivity index (χ3v) is 2.52. The minimum absolute atomic E-state index is 0.204. The van der Waals surface area contributed by atoms with E-state index in [0.29, 0.717) is 10.9 Å². The van der Waals surface area contributed by atoms with Crippen LogP contribution in [0, 0.1) is 0 Å². The molecule has 15 heavy (non-hydrogen) atoms. The normalized spacial score (nSPS) is 10.5. The lowest BCUT2D eigenvalue weighted by Gasteiger charge is -2.01. The van der Waals surface area contributed by atoms with E-state index in [1.54, 1.807) is 18.2 Å². The molecule has 2 rings (SSSR count). The van der Waals surface area contributed by atoms with Crippen molar-refractivity contribution in [3.63, 3.8) is 0 Å². The number of aromatic amines is 1. The first kappa shape index (κ1) is 10.0. The van der Waals surface area contributed by atoms with Crippen LogP contribution < -0.4 is 5.69 Å². The van der Waals surface area contributed by atoms with Crippen molar-refractivity contribution in [1.29, 1.82) is 0 Å². The van der Waals surface area contributed by atoms with Crippen LogP contribution >= 0.6 is 15.9 Å². The molecule has 76 valence electrons. The van der Waals surface area contributed by atoms with Gasteiger partial charge in [0, 0.05) is 16.8 Å². The number of hydrogen-bond acceptors (Lipinski definition) is 3. The van der Waals surface area contributed by atoms with Gasteiger partial charge in [-0.1, -0.05) is 15.9 Å². The molecule has 5 heteroatoms. The molecule has 1 N–H and O–H groups in total. The first-order valence-electron chi connectivity index (χ1n) is 4.28. The molecular formula is C10H7BrN2O2. The Hall–Kier alpha value is -1.49. The molecule has 0 aliphatic carbocycles. The summed E-state index contributed by atoms with van der Waals surface area (Å²) in [6, 6.07) is 5.28. The van der Waals surface area contributed by atoms with E-state index in [-0.39, 0.29) is 11.5 Å². The lowest BCUT2D eigenvalue weighted by atomic mass is 10.1. The summed E-state index contributed by atoms with van der Waals surface area (Å²) < 4.78 is 0.839. The summed E-state index contributed by atoms with van der Waals surface area (Å²) in [7, 11) is 0. The van der Waals surface area contributed by atoms with Crippen LogP contribution in [0.2, 0.25) is 0 Å². The molecule has 1 aromatic heterocycles. The molecule has 0 aliphatic rings. The second-order valence-electron chi connectivity index (χ2n) is 3.14. The zero-order valence-corrected chi connectivity index (χ0v) is 9.46. The van der Waals surface area contributed by atoms with Gasteiger partial charge in [0.25, 0.3) is 0 Å². The van der Waals surface area contributed by atoms with Gasteiger partial charge in [-0.25, -0.2) is 4.79 Å². The van der Waals surface area contributed by atoms with E-state index in [1.807, 2.05) is 0 Å². The Kier molecular flexibility index (Phi) is 2.40. The maximum Gasteiger partial charge on any atom is 0.346 e. The van der Waals surface area contributed by atoms with E-state index in [2.05, 4.69) is 25.9 Å². The number of ketones is 1. The van der Waals surface area contributed by atoms with Gasteiger partial charge in [-0.3, -0.25) is 4.79 Å². The summed E-state index contributed by atoms with van der Waals surface area (Å²) >= 11 is 3.30. The SMILES string of the molecule is CC(=O)c1nc(=O)[nH]c2ccc(Br)cc12. The maximum absolute atomic E-state index is 11.3. The predicted octanol–water partition coefficient (Wildman–Crippen LogP) is 1.89.